The fraction of sp³-hybridized carbons (Fsp3) is 0.0909. The molecule has 2 rings (SSSR count). The Hall–Kier alpha value is -2.30. The van der Waals surface area contributed by atoms with E-state index in [2.05, 4.69) is 10.3 Å². The first kappa shape index (κ1) is 10.2. The Morgan fingerprint density at radius 2 is 2.12 bits per heavy atom. The molecular weight excluding hydrogens is 208 g/mol. The smallest absolute Gasteiger partial charge is 0.221 e. The van der Waals surface area contributed by atoms with E-state index in [1.165, 1.54) is 19.2 Å². The molecule has 1 heterocycles. The normalized spacial score (nSPS) is 14.2. The van der Waals surface area contributed by atoms with E-state index in [-0.39, 0.29) is 28.6 Å². The number of fused-ring (bicyclic) bond motifs is 1. The van der Waals surface area contributed by atoms with Crippen LogP contribution in [0.15, 0.2) is 30.1 Å². The predicted molar refractivity (Wildman–Crippen MR) is 54.8 cm³/mol. The van der Waals surface area contributed by atoms with Crippen molar-refractivity contribution < 1.29 is 14.4 Å². The molecule has 80 valence electrons. The van der Waals surface area contributed by atoms with Crippen LogP contribution in [0.3, 0.4) is 0 Å². The summed E-state index contributed by atoms with van der Waals surface area (Å²) in [6.07, 6.45) is 2.54. The number of carbonyl (C=O) groups excluding carboxylic acids is 3. The summed E-state index contributed by atoms with van der Waals surface area (Å²) >= 11 is 0. The summed E-state index contributed by atoms with van der Waals surface area (Å²) in [6.45, 7) is 1.28. The van der Waals surface area contributed by atoms with Crippen molar-refractivity contribution in [1.82, 2.24) is 10.3 Å². The summed E-state index contributed by atoms with van der Waals surface area (Å²) in [5.41, 5.74) is 0.346. The van der Waals surface area contributed by atoms with Gasteiger partial charge >= 0.3 is 0 Å². The van der Waals surface area contributed by atoms with Crippen molar-refractivity contribution in [3.63, 3.8) is 0 Å². The van der Waals surface area contributed by atoms with Gasteiger partial charge in [0.25, 0.3) is 0 Å². The molecule has 0 saturated carbocycles. The van der Waals surface area contributed by atoms with Gasteiger partial charge in [-0.25, -0.2) is 0 Å². The number of hydrogen-bond donors (Lipinski definition) is 1. The van der Waals surface area contributed by atoms with Gasteiger partial charge in [-0.3, -0.25) is 19.4 Å². The van der Waals surface area contributed by atoms with E-state index in [1.807, 2.05) is 0 Å². The minimum absolute atomic E-state index is 0.00185. The molecule has 0 saturated heterocycles. The Balaban J connectivity index is 2.47. The number of ketones is 2. The molecule has 0 aromatic carbocycles. The zero-order valence-corrected chi connectivity index (χ0v) is 8.48. The summed E-state index contributed by atoms with van der Waals surface area (Å²) in [6, 6.07) is 3.08. The predicted octanol–water partition coefficient (Wildman–Crippen LogP) is 0.481. The van der Waals surface area contributed by atoms with Crippen LogP contribution in [0.2, 0.25) is 0 Å². The second-order valence-electron chi connectivity index (χ2n) is 3.33. The average molecular weight is 216 g/mol. The number of nitrogens with zero attached hydrogens (tertiary/aromatic N) is 1. The molecule has 0 radical (unpaired) electrons. The van der Waals surface area contributed by atoms with Crippen molar-refractivity contribution in [2.24, 2.45) is 0 Å². The quantitative estimate of drug-likeness (QED) is 0.740. The first-order valence-electron chi connectivity index (χ1n) is 4.63. The third-order valence-electron chi connectivity index (χ3n) is 2.12. The van der Waals surface area contributed by atoms with E-state index in [4.69, 9.17) is 0 Å². The number of pyridine rings is 1. The molecule has 5 heteroatoms. The minimum Gasteiger partial charge on any atom is -0.323 e. The maximum absolute atomic E-state index is 11.8. The van der Waals surface area contributed by atoms with E-state index >= 15 is 0 Å². The molecule has 1 aromatic rings. The lowest BCUT2D eigenvalue weighted by Crippen LogP contribution is -2.30. The van der Waals surface area contributed by atoms with Crippen LogP contribution < -0.4 is 5.32 Å². The van der Waals surface area contributed by atoms with Crippen LogP contribution in [0.4, 0.5) is 0 Å². The molecule has 16 heavy (non-hydrogen) atoms. The molecule has 0 aliphatic heterocycles. The molecule has 0 atom stereocenters. The van der Waals surface area contributed by atoms with Crippen LogP contribution in [-0.2, 0) is 4.79 Å². The number of rotatable bonds is 1. The number of carbonyl (C=O) groups is 3. The zero-order valence-electron chi connectivity index (χ0n) is 8.48. The van der Waals surface area contributed by atoms with E-state index in [9.17, 15) is 14.4 Å². The van der Waals surface area contributed by atoms with Crippen molar-refractivity contribution >= 4 is 17.5 Å². The summed E-state index contributed by atoms with van der Waals surface area (Å²) in [4.78, 5) is 38.1. The highest BCUT2D eigenvalue weighted by molar-refractivity contribution is 6.24. The topological polar surface area (TPSA) is 76.1 Å². The number of nitrogens with one attached hydrogen (secondary N) is 1. The SMILES string of the molecule is CC(=O)NC1=CC(=O)c2ncccc2C1=O. The Kier molecular flexibility index (Phi) is 2.36. The lowest BCUT2D eigenvalue weighted by molar-refractivity contribution is -0.118. The van der Waals surface area contributed by atoms with Crippen LogP contribution >= 0.6 is 0 Å². The Labute approximate surface area is 91.2 Å². The average Bonchev–Trinajstić information content (AvgIpc) is 2.25. The Bertz CT molecular complexity index is 532. The molecule has 1 N–H and O–H groups in total. The molecule has 0 fully saturated rings. The maximum Gasteiger partial charge on any atom is 0.221 e. The molecule has 1 aliphatic carbocycles. The second kappa shape index (κ2) is 3.69. The number of Topliss-reactive ketones (excluding diaryl/α,β-unsaturated/α-hetero) is 1. The van der Waals surface area contributed by atoms with Gasteiger partial charge in [-0.1, -0.05) is 0 Å². The summed E-state index contributed by atoms with van der Waals surface area (Å²) in [5.74, 6) is -1.16. The highest BCUT2D eigenvalue weighted by Crippen LogP contribution is 2.17. The third-order valence-corrected chi connectivity index (χ3v) is 2.12. The first-order valence-corrected chi connectivity index (χ1v) is 4.63. The molecule has 1 aromatic heterocycles. The Morgan fingerprint density at radius 1 is 1.38 bits per heavy atom. The van der Waals surface area contributed by atoms with Crippen molar-refractivity contribution in [2.45, 2.75) is 6.92 Å². The monoisotopic (exact) mass is 216 g/mol. The molecular formula is C11H8N2O3. The molecule has 5 nitrogen and oxygen atoms in total. The fourth-order valence-electron chi connectivity index (χ4n) is 1.48. The fourth-order valence-corrected chi connectivity index (χ4v) is 1.48. The van der Waals surface area contributed by atoms with Crippen LogP contribution in [0.1, 0.15) is 27.8 Å². The number of amides is 1. The van der Waals surface area contributed by atoms with Gasteiger partial charge in [0.15, 0.2) is 0 Å². The highest BCUT2D eigenvalue weighted by atomic mass is 16.2. The minimum atomic E-state index is -0.391. The third kappa shape index (κ3) is 1.63. The van der Waals surface area contributed by atoms with Crippen molar-refractivity contribution in [2.75, 3.05) is 0 Å². The van der Waals surface area contributed by atoms with Gasteiger partial charge in [0.05, 0.1) is 11.3 Å². The highest BCUT2D eigenvalue weighted by Gasteiger charge is 2.26. The van der Waals surface area contributed by atoms with E-state index < -0.39 is 5.78 Å². The van der Waals surface area contributed by atoms with Gasteiger partial charge in [0.1, 0.15) is 5.69 Å². The van der Waals surface area contributed by atoms with E-state index in [1.54, 1.807) is 6.07 Å². The van der Waals surface area contributed by atoms with Crippen LogP contribution in [0, 0.1) is 0 Å². The summed E-state index contributed by atoms with van der Waals surface area (Å²) < 4.78 is 0. The van der Waals surface area contributed by atoms with E-state index in [0.717, 1.165) is 6.08 Å². The second-order valence-corrected chi connectivity index (χ2v) is 3.33. The van der Waals surface area contributed by atoms with Gasteiger partial charge in [-0.05, 0) is 12.1 Å². The first-order chi connectivity index (χ1) is 7.59. The lowest BCUT2D eigenvalue weighted by atomic mass is 9.97. The maximum atomic E-state index is 11.8. The van der Waals surface area contributed by atoms with Crippen molar-refractivity contribution in [1.29, 1.82) is 0 Å². The largest absolute Gasteiger partial charge is 0.323 e. The molecule has 1 amide bonds. The summed E-state index contributed by atoms with van der Waals surface area (Å²) in [7, 11) is 0. The number of aromatic nitrogens is 1. The number of hydrogen-bond acceptors (Lipinski definition) is 4. The van der Waals surface area contributed by atoms with Crippen LogP contribution in [-0.4, -0.2) is 22.5 Å². The van der Waals surface area contributed by atoms with Gasteiger partial charge in [-0.2, -0.15) is 0 Å². The number of allylic oxidation sites excluding steroid dienone is 2. The molecule has 1 aliphatic rings. The standard InChI is InChI=1S/C11H8N2O3/c1-6(14)13-8-5-9(15)10-7(11(8)16)3-2-4-12-10/h2-5H,1H3,(H,13,14). The summed E-state index contributed by atoms with van der Waals surface area (Å²) in [5, 5.41) is 2.33. The van der Waals surface area contributed by atoms with Gasteiger partial charge in [0, 0.05) is 19.2 Å². The van der Waals surface area contributed by atoms with E-state index in [0.29, 0.717) is 0 Å². The molecule has 0 spiro atoms. The van der Waals surface area contributed by atoms with Gasteiger partial charge in [-0.15, -0.1) is 0 Å². The Morgan fingerprint density at radius 3 is 2.81 bits per heavy atom. The van der Waals surface area contributed by atoms with Crippen LogP contribution in [0.25, 0.3) is 0 Å². The van der Waals surface area contributed by atoms with Gasteiger partial charge < -0.3 is 5.32 Å². The van der Waals surface area contributed by atoms with Crippen LogP contribution in [0.5, 0.6) is 0 Å². The van der Waals surface area contributed by atoms with Crippen molar-refractivity contribution in [3.05, 3.63) is 41.4 Å². The van der Waals surface area contributed by atoms with Gasteiger partial charge in [0.2, 0.25) is 17.5 Å². The molecule has 0 unspecified atom stereocenters. The van der Waals surface area contributed by atoms with Crippen molar-refractivity contribution in [3.8, 4) is 0 Å². The lowest BCUT2D eigenvalue weighted by Gasteiger charge is -2.13. The molecule has 0 bridgehead atoms. The zero-order chi connectivity index (χ0) is 11.7.